The van der Waals surface area contributed by atoms with E-state index in [9.17, 15) is 9.90 Å². The molecular weight excluding hydrogens is 328 g/mol. The van der Waals surface area contributed by atoms with E-state index in [0.717, 1.165) is 11.4 Å². The summed E-state index contributed by atoms with van der Waals surface area (Å²) in [7, 11) is 3.81. The molecule has 1 aromatic carbocycles. The van der Waals surface area contributed by atoms with Crippen molar-refractivity contribution in [3.05, 3.63) is 58.7 Å². The number of hydrogen-bond acceptors (Lipinski definition) is 4. The Morgan fingerprint density at radius 2 is 2.04 bits per heavy atom. The van der Waals surface area contributed by atoms with Crippen molar-refractivity contribution in [2.24, 2.45) is 0 Å². The van der Waals surface area contributed by atoms with Crippen LogP contribution in [-0.2, 0) is 6.54 Å². The number of nitrogens with zero attached hydrogens (tertiary/aromatic N) is 2. The van der Waals surface area contributed by atoms with Gasteiger partial charge in [0.15, 0.2) is 0 Å². The smallest absolute Gasteiger partial charge is 0.315 e. The minimum atomic E-state index is -0.856. The van der Waals surface area contributed by atoms with Crippen LogP contribution >= 0.6 is 11.6 Å². The van der Waals surface area contributed by atoms with Crippen LogP contribution in [0.4, 0.5) is 10.6 Å². The Labute approximate surface area is 146 Å². The Morgan fingerprint density at radius 3 is 2.75 bits per heavy atom. The number of anilines is 1. The molecule has 0 spiro atoms. The molecule has 1 unspecified atom stereocenters. The lowest BCUT2D eigenvalue weighted by atomic mass is 10.1. The number of pyridine rings is 1. The van der Waals surface area contributed by atoms with Gasteiger partial charge in [0, 0.05) is 44.0 Å². The minimum Gasteiger partial charge on any atom is -0.387 e. The summed E-state index contributed by atoms with van der Waals surface area (Å²) in [6.07, 6.45) is 0.844. The van der Waals surface area contributed by atoms with Crippen LogP contribution in [0, 0.1) is 0 Å². The third-order valence-corrected chi connectivity index (χ3v) is 3.79. The zero-order valence-corrected chi connectivity index (χ0v) is 14.4. The van der Waals surface area contributed by atoms with Gasteiger partial charge in [-0.25, -0.2) is 9.78 Å². The number of aromatic nitrogens is 1. The molecular formula is C17H21ClN4O2. The van der Waals surface area contributed by atoms with Gasteiger partial charge in [0.2, 0.25) is 0 Å². The molecule has 1 heterocycles. The van der Waals surface area contributed by atoms with E-state index in [0.29, 0.717) is 17.1 Å². The van der Waals surface area contributed by atoms with Crippen molar-refractivity contribution in [2.45, 2.75) is 12.6 Å². The molecule has 1 aromatic heterocycles. The minimum absolute atomic E-state index is 0.0782. The van der Waals surface area contributed by atoms with E-state index >= 15 is 0 Å². The molecule has 0 aliphatic heterocycles. The van der Waals surface area contributed by atoms with Crippen LogP contribution < -0.4 is 15.5 Å². The molecule has 1 atom stereocenters. The first-order chi connectivity index (χ1) is 11.5. The Hall–Kier alpha value is -2.31. The number of carbonyl (C=O) groups is 1. The number of amides is 2. The molecule has 6 nitrogen and oxygen atoms in total. The molecule has 24 heavy (non-hydrogen) atoms. The molecule has 3 N–H and O–H groups in total. The molecule has 2 rings (SSSR count). The van der Waals surface area contributed by atoms with E-state index in [1.165, 1.54) is 0 Å². The van der Waals surface area contributed by atoms with Crippen molar-refractivity contribution in [2.75, 3.05) is 25.5 Å². The summed E-state index contributed by atoms with van der Waals surface area (Å²) in [5.41, 5.74) is 1.53. The third kappa shape index (κ3) is 5.11. The van der Waals surface area contributed by atoms with Crippen molar-refractivity contribution in [3.63, 3.8) is 0 Å². The van der Waals surface area contributed by atoms with Gasteiger partial charge < -0.3 is 20.6 Å². The quantitative estimate of drug-likeness (QED) is 0.748. The van der Waals surface area contributed by atoms with Crippen LogP contribution in [0.25, 0.3) is 0 Å². The third-order valence-electron chi connectivity index (χ3n) is 3.44. The average molecular weight is 349 g/mol. The summed E-state index contributed by atoms with van der Waals surface area (Å²) in [5, 5.41) is 15.9. The molecule has 0 saturated heterocycles. The fraction of sp³-hybridized carbons (Fsp3) is 0.294. The second-order valence-corrected chi connectivity index (χ2v) is 5.92. The zero-order valence-electron chi connectivity index (χ0n) is 13.7. The zero-order chi connectivity index (χ0) is 17.5. The van der Waals surface area contributed by atoms with Gasteiger partial charge in [0.1, 0.15) is 5.82 Å². The standard InChI is InChI=1S/C17H21ClN4O2/c1-22(2)16-9-12(7-8-19-16)10-20-17(24)21-11-15(23)13-5-3-4-6-14(13)18/h3-9,15,23H,10-11H2,1-2H3,(H2,20,21,24). The molecule has 0 saturated carbocycles. The SMILES string of the molecule is CN(C)c1cc(CNC(=O)NCC(O)c2ccccc2Cl)ccn1. The van der Waals surface area contributed by atoms with Crippen LogP contribution in [0.5, 0.6) is 0 Å². The molecule has 0 aliphatic rings. The van der Waals surface area contributed by atoms with Crippen molar-refractivity contribution in [1.82, 2.24) is 15.6 Å². The second kappa shape index (κ2) is 8.52. The summed E-state index contributed by atoms with van der Waals surface area (Å²) in [6.45, 7) is 0.451. The number of halogens is 1. The fourth-order valence-electron chi connectivity index (χ4n) is 2.10. The van der Waals surface area contributed by atoms with E-state index in [2.05, 4.69) is 15.6 Å². The van der Waals surface area contributed by atoms with Gasteiger partial charge in [-0.15, -0.1) is 0 Å². The maximum atomic E-state index is 11.9. The van der Waals surface area contributed by atoms with Gasteiger partial charge in [-0.05, 0) is 23.8 Å². The number of aliphatic hydroxyl groups is 1. The van der Waals surface area contributed by atoms with Gasteiger partial charge in [-0.3, -0.25) is 0 Å². The van der Waals surface area contributed by atoms with Gasteiger partial charge in [-0.1, -0.05) is 29.8 Å². The predicted molar refractivity (Wildman–Crippen MR) is 95.2 cm³/mol. The van der Waals surface area contributed by atoms with Gasteiger partial charge in [0.05, 0.1) is 6.10 Å². The lowest BCUT2D eigenvalue weighted by Crippen LogP contribution is -2.37. The van der Waals surface area contributed by atoms with Crippen molar-refractivity contribution in [1.29, 1.82) is 0 Å². The molecule has 2 amide bonds. The first-order valence-corrected chi connectivity index (χ1v) is 7.91. The van der Waals surface area contributed by atoms with Gasteiger partial charge >= 0.3 is 6.03 Å². The maximum absolute atomic E-state index is 11.9. The van der Waals surface area contributed by atoms with Crippen molar-refractivity contribution >= 4 is 23.4 Å². The lowest BCUT2D eigenvalue weighted by Gasteiger charge is -2.15. The second-order valence-electron chi connectivity index (χ2n) is 5.52. The Kier molecular flexibility index (Phi) is 6.40. The molecule has 0 fully saturated rings. The molecule has 0 radical (unpaired) electrons. The highest BCUT2D eigenvalue weighted by molar-refractivity contribution is 6.31. The van der Waals surface area contributed by atoms with E-state index < -0.39 is 6.10 Å². The summed E-state index contributed by atoms with van der Waals surface area (Å²) in [6, 6.07) is 10.4. The van der Waals surface area contributed by atoms with Crippen LogP contribution in [0.2, 0.25) is 5.02 Å². The van der Waals surface area contributed by atoms with Gasteiger partial charge in [0.25, 0.3) is 0 Å². The number of hydrogen-bond donors (Lipinski definition) is 3. The molecule has 128 valence electrons. The Balaban J connectivity index is 1.81. The van der Waals surface area contributed by atoms with Gasteiger partial charge in [-0.2, -0.15) is 0 Å². The van der Waals surface area contributed by atoms with Crippen LogP contribution in [0.15, 0.2) is 42.6 Å². The summed E-state index contributed by atoms with van der Waals surface area (Å²) < 4.78 is 0. The summed E-state index contributed by atoms with van der Waals surface area (Å²) in [4.78, 5) is 18.0. The monoisotopic (exact) mass is 348 g/mol. The van der Waals surface area contributed by atoms with Crippen LogP contribution in [0.1, 0.15) is 17.2 Å². The topological polar surface area (TPSA) is 77.5 Å². The summed E-state index contributed by atoms with van der Waals surface area (Å²) >= 11 is 6.02. The number of benzene rings is 1. The first-order valence-electron chi connectivity index (χ1n) is 7.54. The average Bonchev–Trinajstić information content (AvgIpc) is 2.58. The number of urea groups is 1. The highest BCUT2D eigenvalue weighted by Crippen LogP contribution is 2.21. The summed E-state index contributed by atoms with van der Waals surface area (Å²) in [5.74, 6) is 0.823. The number of aliphatic hydroxyl groups excluding tert-OH is 1. The number of nitrogens with one attached hydrogen (secondary N) is 2. The van der Waals surface area contributed by atoms with Crippen LogP contribution in [-0.4, -0.2) is 36.8 Å². The maximum Gasteiger partial charge on any atom is 0.315 e. The van der Waals surface area contributed by atoms with Crippen molar-refractivity contribution in [3.8, 4) is 0 Å². The molecule has 2 aromatic rings. The molecule has 7 heteroatoms. The van der Waals surface area contributed by atoms with E-state index in [1.54, 1.807) is 30.5 Å². The molecule has 0 bridgehead atoms. The van der Waals surface area contributed by atoms with E-state index in [4.69, 9.17) is 11.6 Å². The predicted octanol–water partition coefficient (Wildman–Crippen LogP) is 2.33. The first kappa shape index (κ1) is 18.0. The van der Waals surface area contributed by atoms with Crippen molar-refractivity contribution < 1.29 is 9.90 Å². The van der Waals surface area contributed by atoms with E-state index in [-0.39, 0.29) is 12.6 Å². The lowest BCUT2D eigenvalue weighted by molar-refractivity contribution is 0.173. The largest absolute Gasteiger partial charge is 0.387 e. The number of rotatable bonds is 6. The normalized spacial score (nSPS) is 11.7. The fourth-order valence-corrected chi connectivity index (χ4v) is 2.37. The Morgan fingerprint density at radius 1 is 1.29 bits per heavy atom. The Bertz CT molecular complexity index is 694. The van der Waals surface area contributed by atoms with Crippen LogP contribution in [0.3, 0.4) is 0 Å². The highest BCUT2D eigenvalue weighted by Gasteiger charge is 2.12. The molecule has 0 aliphatic carbocycles. The highest BCUT2D eigenvalue weighted by atomic mass is 35.5. The number of carbonyl (C=O) groups excluding carboxylic acids is 1. The van der Waals surface area contributed by atoms with E-state index in [1.807, 2.05) is 31.1 Å².